The highest BCUT2D eigenvalue weighted by atomic mass is 16.5. The summed E-state index contributed by atoms with van der Waals surface area (Å²) in [5.41, 5.74) is 3.04. The molecule has 1 atom stereocenters. The number of imidazole rings is 1. The van der Waals surface area contributed by atoms with Crippen LogP contribution in [0.1, 0.15) is 48.3 Å². The number of unbranched alkanes of at least 4 members (excludes halogenated alkanes) is 1. The zero-order valence-electron chi connectivity index (χ0n) is 20.8. The fourth-order valence-corrected chi connectivity index (χ4v) is 4.71. The number of aromatic nitrogens is 3. The number of likely N-dealkylation sites (tertiary alicyclic amines) is 1. The van der Waals surface area contributed by atoms with Crippen LogP contribution in [-0.2, 0) is 16.1 Å². The zero-order chi connectivity index (χ0) is 25.9. The van der Waals surface area contributed by atoms with E-state index in [1.54, 1.807) is 36.0 Å². The summed E-state index contributed by atoms with van der Waals surface area (Å²) < 4.78 is 7.63. The summed E-state index contributed by atoms with van der Waals surface area (Å²) in [6.07, 6.45) is 7.00. The third-order valence-electron chi connectivity index (χ3n) is 6.48. The number of hydrogen-bond acceptors (Lipinski definition) is 6. The molecule has 1 aromatic carbocycles. The topological polar surface area (TPSA) is 97.0 Å². The van der Waals surface area contributed by atoms with Crippen LogP contribution in [0.5, 0.6) is 5.75 Å². The van der Waals surface area contributed by atoms with Crippen LogP contribution in [0, 0.1) is 6.92 Å². The van der Waals surface area contributed by atoms with Gasteiger partial charge < -0.3 is 14.7 Å². The molecule has 1 aliphatic rings. The van der Waals surface area contributed by atoms with E-state index in [0.717, 1.165) is 18.4 Å². The number of rotatable bonds is 8. The summed E-state index contributed by atoms with van der Waals surface area (Å²) in [5.74, 6) is -1.04. The lowest BCUT2D eigenvalue weighted by molar-refractivity contribution is -0.140. The largest absolute Gasteiger partial charge is 0.505 e. The number of aliphatic hydroxyl groups excluding tert-OH is 1. The first-order valence-electron chi connectivity index (χ1n) is 12.3. The van der Waals surface area contributed by atoms with Gasteiger partial charge in [0.1, 0.15) is 17.1 Å². The molecule has 1 amide bonds. The van der Waals surface area contributed by atoms with Crippen molar-refractivity contribution in [2.75, 3.05) is 6.61 Å². The lowest BCUT2D eigenvalue weighted by atomic mass is 9.96. The van der Waals surface area contributed by atoms with Gasteiger partial charge in [-0.2, -0.15) is 0 Å². The van der Waals surface area contributed by atoms with Gasteiger partial charge in [0, 0.05) is 25.1 Å². The first kappa shape index (κ1) is 24.2. The Balaban J connectivity index is 1.66. The van der Waals surface area contributed by atoms with Crippen LogP contribution in [0.2, 0.25) is 0 Å². The smallest absolute Gasteiger partial charge is 0.295 e. The molecule has 0 spiro atoms. The molecular formula is C29H28N4O4. The normalized spacial score (nSPS) is 17.0. The fraction of sp³-hybridized carbons (Fsp3) is 0.241. The van der Waals surface area contributed by atoms with Crippen molar-refractivity contribution in [1.82, 2.24) is 19.3 Å². The van der Waals surface area contributed by atoms with Crippen molar-refractivity contribution in [3.05, 3.63) is 101 Å². The number of amides is 1. The van der Waals surface area contributed by atoms with Crippen molar-refractivity contribution in [2.45, 2.75) is 39.3 Å². The molecule has 1 saturated heterocycles. The van der Waals surface area contributed by atoms with E-state index in [-0.39, 0.29) is 17.9 Å². The molecule has 3 aromatic heterocycles. The van der Waals surface area contributed by atoms with Crippen LogP contribution >= 0.6 is 0 Å². The Labute approximate surface area is 214 Å². The first-order valence-corrected chi connectivity index (χ1v) is 12.3. The van der Waals surface area contributed by atoms with Gasteiger partial charge in [-0.15, -0.1) is 0 Å². The average molecular weight is 497 g/mol. The lowest BCUT2D eigenvalue weighted by Gasteiger charge is -2.25. The molecule has 0 saturated carbocycles. The summed E-state index contributed by atoms with van der Waals surface area (Å²) in [7, 11) is 0. The van der Waals surface area contributed by atoms with Crippen molar-refractivity contribution in [3.63, 3.8) is 0 Å². The number of Topliss-reactive ketones (excluding diaryl/α,β-unsaturated/α-hetero) is 1. The van der Waals surface area contributed by atoms with Crippen LogP contribution < -0.4 is 4.74 Å². The molecule has 5 rings (SSSR count). The number of benzene rings is 1. The van der Waals surface area contributed by atoms with Crippen molar-refractivity contribution in [1.29, 1.82) is 0 Å². The van der Waals surface area contributed by atoms with E-state index in [2.05, 4.69) is 16.9 Å². The second kappa shape index (κ2) is 10.3. The third kappa shape index (κ3) is 4.58. The van der Waals surface area contributed by atoms with Gasteiger partial charge in [0.15, 0.2) is 5.76 Å². The number of hydrogen-bond donors (Lipinski definition) is 1. The van der Waals surface area contributed by atoms with E-state index in [1.807, 2.05) is 48.5 Å². The minimum absolute atomic E-state index is 0.0216. The molecule has 8 nitrogen and oxygen atoms in total. The third-order valence-corrected chi connectivity index (χ3v) is 6.48. The van der Waals surface area contributed by atoms with Crippen LogP contribution in [0.25, 0.3) is 11.4 Å². The number of nitrogens with zero attached hydrogens (tertiary/aromatic N) is 4. The molecule has 0 bridgehead atoms. The second-order valence-corrected chi connectivity index (χ2v) is 9.04. The first-order chi connectivity index (χ1) is 18.0. The van der Waals surface area contributed by atoms with Crippen molar-refractivity contribution in [2.24, 2.45) is 0 Å². The Morgan fingerprint density at radius 1 is 1.11 bits per heavy atom. The summed E-state index contributed by atoms with van der Waals surface area (Å²) in [4.78, 5) is 37.0. The Bertz CT molecular complexity index is 1490. The maximum atomic E-state index is 13.5. The van der Waals surface area contributed by atoms with Gasteiger partial charge in [-0.05, 0) is 54.8 Å². The number of aryl methyl sites for hydroxylation is 1. The van der Waals surface area contributed by atoms with Gasteiger partial charge in [-0.25, -0.2) is 4.98 Å². The van der Waals surface area contributed by atoms with Gasteiger partial charge in [0.25, 0.3) is 11.7 Å². The SMILES string of the molecule is CCCCOc1cccc(C2C(=C(O)c3c(C)nc4ccccn34)C(=O)C(=O)N2Cc2cccnc2)c1. The molecular weight excluding hydrogens is 468 g/mol. The second-order valence-electron chi connectivity index (χ2n) is 9.04. The minimum Gasteiger partial charge on any atom is -0.505 e. The standard InChI is InChI=1S/C29H28N4O4/c1-3-4-15-37-22-11-7-10-21(16-22)26-24(27(34)25-19(2)31-23-12-5-6-14-32(23)25)28(35)29(36)33(26)18-20-9-8-13-30-17-20/h5-14,16-17,26,34H,3-4,15,18H2,1-2H3. The summed E-state index contributed by atoms with van der Waals surface area (Å²) in [5, 5.41) is 11.6. The molecule has 1 aliphatic heterocycles. The Kier molecular flexibility index (Phi) is 6.72. The van der Waals surface area contributed by atoms with E-state index in [9.17, 15) is 14.7 Å². The van der Waals surface area contributed by atoms with Gasteiger partial charge in [0.05, 0.1) is 23.9 Å². The lowest BCUT2D eigenvalue weighted by Crippen LogP contribution is -2.29. The van der Waals surface area contributed by atoms with Gasteiger partial charge >= 0.3 is 0 Å². The van der Waals surface area contributed by atoms with E-state index >= 15 is 0 Å². The number of carbonyl (C=O) groups is 2. The highest BCUT2D eigenvalue weighted by molar-refractivity contribution is 6.46. The number of aliphatic hydroxyl groups is 1. The van der Waals surface area contributed by atoms with Crippen LogP contribution in [0.4, 0.5) is 0 Å². The van der Waals surface area contributed by atoms with E-state index < -0.39 is 17.7 Å². The molecule has 4 aromatic rings. The Morgan fingerprint density at radius 3 is 2.76 bits per heavy atom. The highest BCUT2D eigenvalue weighted by Gasteiger charge is 2.46. The Morgan fingerprint density at radius 2 is 1.97 bits per heavy atom. The number of ether oxygens (including phenoxy) is 1. The summed E-state index contributed by atoms with van der Waals surface area (Å²) in [6.45, 7) is 4.59. The number of pyridine rings is 2. The molecule has 4 heterocycles. The molecule has 37 heavy (non-hydrogen) atoms. The monoisotopic (exact) mass is 496 g/mol. The van der Waals surface area contributed by atoms with Gasteiger partial charge in [-0.1, -0.05) is 37.6 Å². The predicted octanol–water partition coefficient (Wildman–Crippen LogP) is 4.84. The Hall–Kier alpha value is -4.46. The summed E-state index contributed by atoms with van der Waals surface area (Å²) >= 11 is 0. The number of fused-ring (bicyclic) bond motifs is 1. The molecule has 188 valence electrons. The van der Waals surface area contributed by atoms with Crippen LogP contribution in [-0.4, -0.2) is 42.7 Å². The van der Waals surface area contributed by atoms with E-state index in [0.29, 0.717) is 35.0 Å². The molecule has 8 heteroatoms. The van der Waals surface area contributed by atoms with E-state index in [4.69, 9.17) is 4.74 Å². The van der Waals surface area contributed by atoms with Gasteiger partial charge in [0.2, 0.25) is 0 Å². The fourth-order valence-electron chi connectivity index (χ4n) is 4.71. The summed E-state index contributed by atoms with van der Waals surface area (Å²) in [6, 6.07) is 15.7. The van der Waals surface area contributed by atoms with Gasteiger partial charge in [-0.3, -0.25) is 19.0 Å². The minimum atomic E-state index is -0.816. The molecule has 1 N–H and O–H groups in total. The van der Waals surface area contributed by atoms with Crippen molar-refractivity contribution in [3.8, 4) is 5.75 Å². The van der Waals surface area contributed by atoms with Crippen molar-refractivity contribution < 1.29 is 19.4 Å². The molecule has 0 radical (unpaired) electrons. The zero-order valence-corrected chi connectivity index (χ0v) is 20.8. The number of carbonyl (C=O) groups excluding carboxylic acids is 2. The maximum Gasteiger partial charge on any atom is 0.295 e. The predicted molar refractivity (Wildman–Crippen MR) is 139 cm³/mol. The average Bonchev–Trinajstić information content (AvgIpc) is 3.37. The van der Waals surface area contributed by atoms with Crippen LogP contribution in [0.3, 0.4) is 0 Å². The highest BCUT2D eigenvalue weighted by Crippen LogP contribution is 2.41. The maximum absolute atomic E-state index is 13.5. The van der Waals surface area contributed by atoms with E-state index in [1.165, 1.54) is 4.90 Å². The van der Waals surface area contributed by atoms with Crippen molar-refractivity contribution >= 4 is 23.1 Å². The number of ketones is 1. The van der Waals surface area contributed by atoms with Crippen LogP contribution in [0.15, 0.2) is 78.8 Å². The molecule has 1 fully saturated rings. The molecule has 1 unspecified atom stereocenters. The quantitative estimate of drug-likeness (QED) is 0.162. The molecule has 0 aliphatic carbocycles.